The van der Waals surface area contributed by atoms with Crippen LogP contribution in [0.5, 0.6) is 0 Å². The Morgan fingerprint density at radius 2 is 2.05 bits per heavy atom. The average molecular weight is 283 g/mol. The van der Waals surface area contributed by atoms with E-state index in [0.29, 0.717) is 38.2 Å². The lowest BCUT2D eigenvalue weighted by Gasteiger charge is -2.08. The molecule has 1 rings (SSSR count). The van der Waals surface area contributed by atoms with Crippen LogP contribution >= 0.6 is 0 Å². The van der Waals surface area contributed by atoms with Gasteiger partial charge >= 0.3 is 11.9 Å². The number of aromatic nitrogens is 2. The number of esters is 2. The summed E-state index contributed by atoms with van der Waals surface area (Å²) in [5.41, 5.74) is 6.04. The molecule has 1 heterocycles. The standard InChI is InChI=1S/C13H21N3O4/c1-4-9-15-11(13(18)19-3)12(14)16(9)8-6-7-10(17)20-5-2/h4-8,14H2,1-3H3. The van der Waals surface area contributed by atoms with Gasteiger partial charge in [0.05, 0.1) is 13.7 Å². The van der Waals surface area contributed by atoms with Gasteiger partial charge in [0, 0.05) is 19.4 Å². The Balaban J connectivity index is 2.76. The van der Waals surface area contributed by atoms with Gasteiger partial charge in [0.1, 0.15) is 11.6 Å². The molecule has 0 unspecified atom stereocenters. The number of hydrogen-bond acceptors (Lipinski definition) is 6. The normalized spacial score (nSPS) is 10.3. The molecule has 0 aliphatic rings. The Labute approximate surface area is 118 Å². The number of nitrogens with two attached hydrogens (primary N) is 1. The zero-order valence-electron chi connectivity index (χ0n) is 12.1. The number of aryl methyl sites for hydroxylation is 1. The molecule has 1 aromatic rings. The number of hydrogen-bond donors (Lipinski definition) is 1. The molecular formula is C13H21N3O4. The summed E-state index contributed by atoms with van der Waals surface area (Å²) >= 11 is 0. The van der Waals surface area contributed by atoms with Crippen molar-refractivity contribution >= 4 is 17.8 Å². The molecule has 0 saturated heterocycles. The monoisotopic (exact) mass is 283 g/mol. The fourth-order valence-electron chi connectivity index (χ4n) is 1.89. The third-order valence-electron chi connectivity index (χ3n) is 2.85. The van der Waals surface area contributed by atoms with E-state index in [1.807, 2.05) is 6.92 Å². The number of rotatable bonds is 7. The Morgan fingerprint density at radius 1 is 1.35 bits per heavy atom. The van der Waals surface area contributed by atoms with Crippen LogP contribution in [0, 0.1) is 0 Å². The summed E-state index contributed by atoms with van der Waals surface area (Å²) in [6.45, 7) is 4.57. The van der Waals surface area contributed by atoms with Crippen molar-refractivity contribution in [3.8, 4) is 0 Å². The number of anilines is 1. The highest BCUT2D eigenvalue weighted by molar-refractivity contribution is 5.92. The maximum atomic E-state index is 11.5. The largest absolute Gasteiger partial charge is 0.466 e. The van der Waals surface area contributed by atoms with E-state index in [9.17, 15) is 9.59 Å². The van der Waals surface area contributed by atoms with Crippen LogP contribution in [0.4, 0.5) is 5.82 Å². The van der Waals surface area contributed by atoms with Crippen LogP contribution in [-0.2, 0) is 27.2 Å². The number of methoxy groups -OCH3 is 1. The molecule has 1 aromatic heterocycles. The fraction of sp³-hybridized carbons (Fsp3) is 0.615. The zero-order valence-corrected chi connectivity index (χ0v) is 12.1. The van der Waals surface area contributed by atoms with E-state index in [1.54, 1.807) is 11.5 Å². The second-order valence-electron chi connectivity index (χ2n) is 4.17. The minimum Gasteiger partial charge on any atom is -0.466 e. The van der Waals surface area contributed by atoms with Crippen LogP contribution in [0.2, 0.25) is 0 Å². The van der Waals surface area contributed by atoms with Crippen molar-refractivity contribution in [2.24, 2.45) is 0 Å². The molecule has 7 heteroatoms. The molecule has 0 fully saturated rings. The molecule has 0 aliphatic heterocycles. The Kier molecular flexibility index (Phi) is 6.02. The summed E-state index contributed by atoms with van der Waals surface area (Å²) in [4.78, 5) is 27.0. The number of carbonyl (C=O) groups excluding carboxylic acids is 2. The highest BCUT2D eigenvalue weighted by Crippen LogP contribution is 2.17. The van der Waals surface area contributed by atoms with Crippen LogP contribution < -0.4 is 5.73 Å². The lowest BCUT2D eigenvalue weighted by Crippen LogP contribution is -2.11. The molecular weight excluding hydrogens is 262 g/mol. The van der Waals surface area contributed by atoms with Crippen molar-refractivity contribution in [3.05, 3.63) is 11.5 Å². The molecule has 0 amide bonds. The van der Waals surface area contributed by atoms with E-state index in [-0.39, 0.29) is 17.5 Å². The van der Waals surface area contributed by atoms with E-state index in [4.69, 9.17) is 10.5 Å². The molecule has 7 nitrogen and oxygen atoms in total. The molecule has 2 N–H and O–H groups in total. The Morgan fingerprint density at radius 3 is 2.60 bits per heavy atom. The van der Waals surface area contributed by atoms with Crippen LogP contribution in [0.25, 0.3) is 0 Å². The van der Waals surface area contributed by atoms with Gasteiger partial charge in [-0.1, -0.05) is 6.92 Å². The van der Waals surface area contributed by atoms with Gasteiger partial charge in [-0.3, -0.25) is 4.79 Å². The second-order valence-corrected chi connectivity index (χ2v) is 4.17. The van der Waals surface area contributed by atoms with E-state index in [0.717, 1.165) is 0 Å². The van der Waals surface area contributed by atoms with Crippen molar-refractivity contribution in [1.29, 1.82) is 0 Å². The molecule has 0 aliphatic carbocycles. The van der Waals surface area contributed by atoms with Crippen molar-refractivity contribution < 1.29 is 19.1 Å². The van der Waals surface area contributed by atoms with Crippen LogP contribution in [0.3, 0.4) is 0 Å². The Hall–Kier alpha value is -2.05. The lowest BCUT2D eigenvalue weighted by molar-refractivity contribution is -0.143. The number of carbonyl (C=O) groups is 2. The summed E-state index contributed by atoms with van der Waals surface area (Å²) < 4.78 is 11.2. The number of nitrogens with zero attached hydrogens (tertiary/aromatic N) is 2. The van der Waals surface area contributed by atoms with Crippen molar-refractivity contribution in [3.63, 3.8) is 0 Å². The molecule has 0 spiro atoms. The molecule has 112 valence electrons. The van der Waals surface area contributed by atoms with Crippen LogP contribution in [0.1, 0.15) is 43.0 Å². The first-order valence-electron chi connectivity index (χ1n) is 6.63. The van der Waals surface area contributed by atoms with Crippen molar-refractivity contribution in [2.75, 3.05) is 19.5 Å². The molecule has 0 atom stereocenters. The van der Waals surface area contributed by atoms with Crippen molar-refractivity contribution in [1.82, 2.24) is 9.55 Å². The number of ether oxygens (including phenoxy) is 2. The molecule has 0 radical (unpaired) electrons. The molecule has 20 heavy (non-hydrogen) atoms. The fourth-order valence-corrected chi connectivity index (χ4v) is 1.89. The van der Waals surface area contributed by atoms with E-state index < -0.39 is 5.97 Å². The topological polar surface area (TPSA) is 96.4 Å². The molecule has 0 aromatic carbocycles. The smallest absolute Gasteiger partial charge is 0.360 e. The highest BCUT2D eigenvalue weighted by atomic mass is 16.5. The third-order valence-corrected chi connectivity index (χ3v) is 2.85. The van der Waals surface area contributed by atoms with Gasteiger partial charge < -0.3 is 19.8 Å². The number of nitrogen functional groups attached to an aromatic ring is 1. The maximum Gasteiger partial charge on any atom is 0.360 e. The summed E-state index contributed by atoms with van der Waals surface area (Å²) in [6.07, 6.45) is 1.52. The van der Waals surface area contributed by atoms with E-state index >= 15 is 0 Å². The first kappa shape index (κ1) is 16.0. The first-order chi connectivity index (χ1) is 9.54. The quantitative estimate of drug-likeness (QED) is 0.754. The first-order valence-corrected chi connectivity index (χ1v) is 6.63. The summed E-state index contributed by atoms with van der Waals surface area (Å²) in [6, 6.07) is 0. The average Bonchev–Trinajstić information content (AvgIpc) is 2.75. The second kappa shape index (κ2) is 7.52. The van der Waals surface area contributed by atoms with Gasteiger partial charge in [-0.25, -0.2) is 9.78 Å². The SMILES string of the molecule is CCOC(=O)CCCn1c(CC)nc(C(=O)OC)c1N. The van der Waals surface area contributed by atoms with Crippen molar-refractivity contribution in [2.45, 2.75) is 39.7 Å². The predicted molar refractivity (Wildman–Crippen MR) is 73.2 cm³/mol. The summed E-state index contributed by atoms with van der Waals surface area (Å²) in [7, 11) is 1.28. The summed E-state index contributed by atoms with van der Waals surface area (Å²) in [5.74, 6) is 0.183. The van der Waals surface area contributed by atoms with Gasteiger partial charge in [0.25, 0.3) is 0 Å². The van der Waals surface area contributed by atoms with Gasteiger partial charge in [0.2, 0.25) is 0 Å². The minimum atomic E-state index is -0.554. The van der Waals surface area contributed by atoms with Gasteiger partial charge in [-0.05, 0) is 13.3 Å². The highest BCUT2D eigenvalue weighted by Gasteiger charge is 2.20. The molecule has 0 bridgehead atoms. The van der Waals surface area contributed by atoms with Crippen LogP contribution in [0.15, 0.2) is 0 Å². The van der Waals surface area contributed by atoms with E-state index in [1.165, 1.54) is 7.11 Å². The molecule has 0 saturated carbocycles. The predicted octanol–water partition coefficient (Wildman–Crippen LogP) is 1.16. The van der Waals surface area contributed by atoms with Gasteiger partial charge in [0.15, 0.2) is 5.69 Å². The van der Waals surface area contributed by atoms with Crippen LogP contribution in [-0.4, -0.2) is 35.2 Å². The van der Waals surface area contributed by atoms with E-state index in [2.05, 4.69) is 9.72 Å². The van der Waals surface area contributed by atoms with Gasteiger partial charge in [-0.2, -0.15) is 0 Å². The lowest BCUT2D eigenvalue weighted by atomic mass is 10.3. The Bertz CT molecular complexity index is 482. The van der Waals surface area contributed by atoms with Gasteiger partial charge in [-0.15, -0.1) is 0 Å². The maximum absolute atomic E-state index is 11.5. The minimum absolute atomic E-state index is 0.125. The number of imidazole rings is 1. The zero-order chi connectivity index (χ0) is 15.1. The summed E-state index contributed by atoms with van der Waals surface area (Å²) in [5, 5.41) is 0. The third kappa shape index (κ3) is 3.72.